The quantitative estimate of drug-likeness (QED) is 0.922. The van der Waals surface area contributed by atoms with Crippen molar-refractivity contribution in [2.24, 2.45) is 0 Å². The molecule has 0 saturated heterocycles. The molecule has 16 heavy (non-hydrogen) atoms. The van der Waals surface area contributed by atoms with Gasteiger partial charge in [0.2, 0.25) is 0 Å². The van der Waals surface area contributed by atoms with E-state index in [0.717, 1.165) is 0 Å². The molecule has 0 atom stereocenters. The maximum atomic E-state index is 13.0. The van der Waals surface area contributed by atoms with Crippen LogP contribution in [-0.4, -0.2) is 20.9 Å². The molecule has 82 valence electrons. The summed E-state index contributed by atoms with van der Waals surface area (Å²) in [4.78, 5) is 10.7. The van der Waals surface area contributed by atoms with Gasteiger partial charge in [-0.15, -0.1) is 0 Å². The number of hydrogen-bond donors (Lipinski definition) is 1. The third kappa shape index (κ3) is 1.96. The first-order valence-corrected chi connectivity index (χ1v) is 5.12. The van der Waals surface area contributed by atoms with E-state index in [0.29, 0.717) is 10.3 Å². The molecule has 0 amide bonds. The highest BCUT2D eigenvalue weighted by atomic mass is 79.9. The minimum atomic E-state index is -1.13. The number of benzene rings is 1. The highest BCUT2D eigenvalue weighted by molar-refractivity contribution is 9.10. The predicted molar refractivity (Wildman–Crippen MR) is 58.2 cm³/mol. The van der Waals surface area contributed by atoms with E-state index in [1.165, 1.54) is 28.9 Å². The summed E-state index contributed by atoms with van der Waals surface area (Å²) in [5.41, 5.74) is 0.357. The van der Waals surface area contributed by atoms with Crippen LogP contribution in [0.5, 0.6) is 0 Å². The third-order valence-corrected chi connectivity index (χ3v) is 2.50. The minimum Gasteiger partial charge on any atom is -0.476 e. The molecular weight excluding hydrogens is 279 g/mol. The SMILES string of the molecule is O=C(O)c1cc(Br)n(-c2cccc(F)c2)n1. The summed E-state index contributed by atoms with van der Waals surface area (Å²) in [6, 6.07) is 7.08. The smallest absolute Gasteiger partial charge is 0.356 e. The molecule has 0 aliphatic carbocycles. The van der Waals surface area contributed by atoms with Crippen LogP contribution in [0.15, 0.2) is 34.9 Å². The fraction of sp³-hybridized carbons (Fsp3) is 0. The molecule has 4 nitrogen and oxygen atoms in total. The van der Waals surface area contributed by atoms with Gasteiger partial charge in [-0.2, -0.15) is 5.10 Å². The van der Waals surface area contributed by atoms with Gasteiger partial charge in [-0.3, -0.25) is 0 Å². The van der Waals surface area contributed by atoms with Gasteiger partial charge in [0.25, 0.3) is 0 Å². The monoisotopic (exact) mass is 284 g/mol. The number of rotatable bonds is 2. The molecule has 0 saturated carbocycles. The maximum absolute atomic E-state index is 13.0. The Labute approximate surface area is 98.4 Å². The van der Waals surface area contributed by atoms with E-state index in [1.54, 1.807) is 6.07 Å². The van der Waals surface area contributed by atoms with Gasteiger partial charge in [0.05, 0.1) is 5.69 Å². The Bertz CT molecular complexity index is 554. The standard InChI is InChI=1S/C10H6BrFN2O2/c11-9-5-8(10(15)16)13-14(9)7-3-1-2-6(12)4-7/h1-5H,(H,15,16). The Morgan fingerprint density at radius 2 is 2.19 bits per heavy atom. The fourth-order valence-corrected chi connectivity index (χ4v) is 1.75. The van der Waals surface area contributed by atoms with Gasteiger partial charge in [0, 0.05) is 6.07 Å². The van der Waals surface area contributed by atoms with Crippen molar-refractivity contribution in [1.82, 2.24) is 9.78 Å². The normalized spacial score (nSPS) is 10.4. The van der Waals surface area contributed by atoms with E-state index in [4.69, 9.17) is 5.11 Å². The lowest BCUT2D eigenvalue weighted by Gasteiger charge is -2.02. The summed E-state index contributed by atoms with van der Waals surface area (Å²) in [7, 11) is 0. The maximum Gasteiger partial charge on any atom is 0.356 e. The zero-order valence-corrected chi connectivity index (χ0v) is 9.48. The average Bonchev–Trinajstić information content (AvgIpc) is 2.60. The summed E-state index contributed by atoms with van der Waals surface area (Å²) in [5.74, 6) is -1.53. The van der Waals surface area contributed by atoms with Crippen LogP contribution in [0, 0.1) is 5.82 Å². The second kappa shape index (κ2) is 4.05. The van der Waals surface area contributed by atoms with Crippen LogP contribution in [0.2, 0.25) is 0 Å². The Balaban J connectivity index is 2.52. The molecule has 0 spiro atoms. The number of hydrogen-bond acceptors (Lipinski definition) is 2. The van der Waals surface area contributed by atoms with Crippen LogP contribution in [0.1, 0.15) is 10.5 Å². The van der Waals surface area contributed by atoms with Crippen molar-refractivity contribution in [3.63, 3.8) is 0 Å². The predicted octanol–water partition coefficient (Wildman–Crippen LogP) is 2.47. The van der Waals surface area contributed by atoms with E-state index >= 15 is 0 Å². The fourth-order valence-electron chi connectivity index (χ4n) is 1.25. The van der Waals surface area contributed by atoms with E-state index in [9.17, 15) is 9.18 Å². The van der Waals surface area contributed by atoms with Gasteiger partial charge in [-0.25, -0.2) is 13.9 Å². The summed E-state index contributed by atoms with van der Waals surface area (Å²) in [6.07, 6.45) is 0. The zero-order chi connectivity index (χ0) is 11.7. The number of aromatic carboxylic acids is 1. The second-order valence-corrected chi connectivity index (χ2v) is 3.86. The Morgan fingerprint density at radius 3 is 2.75 bits per heavy atom. The summed E-state index contributed by atoms with van der Waals surface area (Å²) >= 11 is 3.16. The molecule has 2 rings (SSSR count). The average molecular weight is 285 g/mol. The molecule has 0 aliphatic rings. The lowest BCUT2D eigenvalue weighted by Crippen LogP contribution is -2.01. The first kappa shape index (κ1) is 10.8. The topological polar surface area (TPSA) is 55.1 Å². The number of carbonyl (C=O) groups is 1. The first-order valence-electron chi connectivity index (χ1n) is 4.33. The van der Waals surface area contributed by atoms with Crippen LogP contribution in [-0.2, 0) is 0 Å². The Morgan fingerprint density at radius 1 is 1.44 bits per heavy atom. The van der Waals surface area contributed by atoms with Gasteiger partial charge in [-0.05, 0) is 34.1 Å². The van der Waals surface area contributed by atoms with E-state index in [1.807, 2.05) is 0 Å². The summed E-state index contributed by atoms with van der Waals surface area (Å²) in [6.45, 7) is 0. The summed E-state index contributed by atoms with van der Waals surface area (Å²) < 4.78 is 14.7. The molecule has 1 heterocycles. The molecule has 0 aliphatic heterocycles. The minimum absolute atomic E-state index is 0.101. The second-order valence-electron chi connectivity index (χ2n) is 3.05. The van der Waals surface area contributed by atoms with E-state index in [-0.39, 0.29) is 5.69 Å². The molecule has 0 radical (unpaired) electrons. The van der Waals surface area contributed by atoms with Crippen molar-refractivity contribution in [1.29, 1.82) is 0 Å². The lowest BCUT2D eigenvalue weighted by atomic mass is 10.3. The van der Waals surface area contributed by atoms with Crippen molar-refractivity contribution in [3.8, 4) is 5.69 Å². The highest BCUT2D eigenvalue weighted by Crippen LogP contribution is 2.18. The number of carboxylic acids is 1. The molecule has 2 aromatic rings. The lowest BCUT2D eigenvalue weighted by molar-refractivity contribution is 0.0690. The molecular formula is C10H6BrFN2O2. The van der Waals surface area contributed by atoms with Crippen molar-refractivity contribution < 1.29 is 14.3 Å². The molecule has 0 fully saturated rings. The van der Waals surface area contributed by atoms with Crippen LogP contribution >= 0.6 is 15.9 Å². The first-order chi connectivity index (χ1) is 7.58. The van der Waals surface area contributed by atoms with Crippen molar-refractivity contribution in [2.45, 2.75) is 0 Å². The molecule has 0 unspecified atom stereocenters. The van der Waals surface area contributed by atoms with Gasteiger partial charge < -0.3 is 5.11 Å². The van der Waals surface area contributed by atoms with Gasteiger partial charge in [0.15, 0.2) is 5.69 Å². The van der Waals surface area contributed by atoms with Crippen molar-refractivity contribution in [2.75, 3.05) is 0 Å². The third-order valence-electron chi connectivity index (χ3n) is 1.94. The summed E-state index contributed by atoms with van der Waals surface area (Å²) in [5, 5.41) is 12.6. The molecule has 0 bridgehead atoms. The van der Waals surface area contributed by atoms with E-state index < -0.39 is 11.8 Å². The van der Waals surface area contributed by atoms with E-state index in [2.05, 4.69) is 21.0 Å². The van der Waals surface area contributed by atoms with Crippen LogP contribution in [0.25, 0.3) is 5.69 Å². The molecule has 1 N–H and O–H groups in total. The Kier molecular flexibility index (Phi) is 2.74. The van der Waals surface area contributed by atoms with Crippen LogP contribution in [0.3, 0.4) is 0 Å². The van der Waals surface area contributed by atoms with Gasteiger partial charge >= 0.3 is 5.97 Å². The van der Waals surface area contributed by atoms with Crippen LogP contribution < -0.4 is 0 Å². The zero-order valence-electron chi connectivity index (χ0n) is 7.89. The van der Waals surface area contributed by atoms with Crippen LogP contribution in [0.4, 0.5) is 4.39 Å². The number of aromatic nitrogens is 2. The molecule has 1 aromatic carbocycles. The highest BCUT2D eigenvalue weighted by Gasteiger charge is 2.12. The van der Waals surface area contributed by atoms with Crippen molar-refractivity contribution >= 4 is 21.9 Å². The number of carboxylic acid groups (broad SMARTS) is 1. The molecule has 1 aromatic heterocycles. The Hall–Kier alpha value is -1.69. The van der Waals surface area contributed by atoms with Crippen molar-refractivity contribution in [3.05, 3.63) is 46.4 Å². The number of nitrogens with zero attached hydrogens (tertiary/aromatic N) is 2. The molecule has 6 heteroatoms. The van der Waals surface area contributed by atoms with Gasteiger partial charge in [0.1, 0.15) is 10.4 Å². The largest absolute Gasteiger partial charge is 0.476 e. The van der Waals surface area contributed by atoms with Gasteiger partial charge in [-0.1, -0.05) is 6.07 Å². The number of halogens is 2.